The molecule has 0 saturated carbocycles. The number of para-hydroxylation sites is 1. The van der Waals surface area contributed by atoms with Gasteiger partial charge in [-0.15, -0.1) is 0 Å². The quantitative estimate of drug-likeness (QED) is 0.678. The molecule has 0 saturated heterocycles. The number of benzene rings is 1. The van der Waals surface area contributed by atoms with Gasteiger partial charge < -0.3 is 5.32 Å². The number of aryl methyl sites for hydroxylation is 1. The molecule has 1 aromatic carbocycles. The summed E-state index contributed by atoms with van der Waals surface area (Å²) in [6.45, 7) is 7.50. The van der Waals surface area contributed by atoms with E-state index in [1.165, 1.54) is 10.8 Å². The second kappa shape index (κ2) is 8.44. The van der Waals surface area contributed by atoms with Gasteiger partial charge in [-0.25, -0.2) is 14.0 Å². The van der Waals surface area contributed by atoms with Crippen LogP contribution in [0.5, 0.6) is 0 Å². The molecule has 3 aromatic rings. The summed E-state index contributed by atoms with van der Waals surface area (Å²) in [4.78, 5) is 37.7. The van der Waals surface area contributed by atoms with Crippen molar-refractivity contribution in [1.29, 1.82) is 5.26 Å². The Morgan fingerprint density at radius 3 is 2.45 bits per heavy atom. The van der Waals surface area contributed by atoms with Crippen molar-refractivity contribution in [2.24, 2.45) is 0 Å². The fourth-order valence-corrected chi connectivity index (χ4v) is 3.02. The highest BCUT2D eigenvalue weighted by atomic mass is 16.2. The van der Waals surface area contributed by atoms with Crippen LogP contribution in [-0.4, -0.2) is 24.8 Å². The van der Waals surface area contributed by atoms with Gasteiger partial charge in [0.1, 0.15) is 24.0 Å². The Morgan fingerprint density at radius 1 is 1.19 bits per heavy atom. The fourth-order valence-electron chi connectivity index (χ4n) is 3.02. The molecule has 0 fully saturated rings. The normalized spacial score (nSPS) is 11.2. The molecule has 1 amide bonds. The first-order valence-electron chi connectivity index (χ1n) is 9.86. The Morgan fingerprint density at radius 2 is 1.87 bits per heavy atom. The molecular weight excluding hydrogens is 396 g/mol. The number of aromatic nitrogens is 4. The highest BCUT2D eigenvalue weighted by Gasteiger charge is 2.22. The van der Waals surface area contributed by atoms with Crippen LogP contribution in [0, 0.1) is 11.3 Å². The minimum absolute atomic E-state index is 0.196. The van der Waals surface area contributed by atoms with Crippen molar-refractivity contribution >= 4 is 11.7 Å². The van der Waals surface area contributed by atoms with Crippen LogP contribution in [0.1, 0.15) is 39.0 Å². The number of hydrogen-bond donors (Lipinski definition) is 1. The van der Waals surface area contributed by atoms with Crippen LogP contribution in [0.15, 0.2) is 52.2 Å². The number of nitriles is 1. The predicted octanol–water partition coefficient (Wildman–Crippen LogP) is 2.02. The largest absolute Gasteiger partial charge is 0.331 e. The molecular formula is C22H24N6O3. The summed E-state index contributed by atoms with van der Waals surface area (Å²) in [7, 11) is 0. The Hall–Kier alpha value is -3.93. The minimum Gasteiger partial charge on any atom is -0.309 e. The molecule has 0 unspecified atom stereocenters. The Kier molecular flexibility index (Phi) is 5.92. The van der Waals surface area contributed by atoms with Crippen molar-refractivity contribution in [3.63, 3.8) is 0 Å². The number of carbonyl (C=O) groups is 1. The third-order valence-corrected chi connectivity index (χ3v) is 4.75. The molecule has 0 atom stereocenters. The summed E-state index contributed by atoms with van der Waals surface area (Å²) < 4.78 is 3.60. The second-order valence-corrected chi connectivity index (χ2v) is 8.07. The summed E-state index contributed by atoms with van der Waals surface area (Å²) in [5, 5.41) is 16.5. The van der Waals surface area contributed by atoms with Crippen molar-refractivity contribution in [3.8, 4) is 11.8 Å². The third-order valence-electron chi connectivity index (χ3n) is 4.75. The molecule has 0 aliphatic heterocycles. The van der Waals surface area contributed by atoms with E-state index in [-0.39, 0.29) is 17.5 Å². The van der Waals surface area contributed by atoms with E-state index in [1.54, 1.807) is 23.7 Å². The molecule has 2 aromatic heterocycles. The van der Waals surface area contributed by atoms with Crippen LogP contribution in [0.2, 0.25) is 0 Å². The molecule has 0 aliphatic rings. The molecule has 0 radical (unpaired) electrons. The monoisotopic (exact) mass is 420 g/mol. The summed E-state index contributed by atoms with van der Waals surface area (Å²) in [5.74, 6) is -0.157. The van der Waals surface area contributed by atoms with Gasteiger partial charge >= 0.3 is 5.69 Å². The van der Waals surface area contributed by atoms with E-state index < -0.39 is 23.7 Å². The number of anilines is 1. The van der Waals surface area contributed by atoms with Gasteiger partial charge in [-0.3, -0.25) is 14.2 Å². The Labute approximate surface area is 179 Å². The number of amides is 1. The van der Waals surface area contributed by atoms with Gasteiger partial charge in [0.15, 0.2) is 0 Å². The van der Waals surface area contributed by atoms with Crippen molar-refractivity contribution in [3.05, 3.63) is 74.7 Å². The van der Waals surface area contributed by atoms with Crippen LogP contribution >= 0.6 is 0 Å². The van der Waals surface area contributed by atoms with E-state index in [9.17, 15) is 19.6 Å². The number of carbonyl (C=O) groups excluding carboxylic acids is 1. The topological polar surface area (TPSA) is 115 Å². The van der Waals surface area contributed by atoms with Gasteiger partial charge in [0.2, 0.25) is 5.91 Å². The predicted molar refractivity (Wildman–Crippen MR) is 116 cm³/mol. The van der Waals surface area contributed by atoms with Gasteiger partial charge in [0, 0.05) is 24.2 Å². The first-order valence-corrected chi connectivity index (χ1v) is 9.86. The first kappa shape index (κ1) is 21.8. The van der Waals surface area contributed by atoms with Crippen LogP contribution in [0.3, 0.4) is 0 Å². The maximum absolute atomic E-state index is 12.8. The lowest BCUT2D eigenvalue weighted by Gasteiger charge is -2.14. The summed E-state index contributed by atoms with van der Waals surface area (Å²) in [6, 6.07) is 12.9. The van der Waals surface area contributed by atoms with Gasteiger partial charge in [-0.2, -0.15) is 10.4 Å². The van der Waals surface area contributed by atoms with Gasteiger partial charge in [-0.05, 0) is 19.1 Å². The van der Waals surface area contributed by atoms with Gasteiger partial charge in [0.25, 0.3) is 5.56 Å². The standard InChI is InChI=1S/C22H24N6O3/c1-5-26-13-15(12-23)20(30)27(21(26)31)14-19(29)24-18-11-17(22(2,3)4)25-28(18)16-9-7-6-8-10-16/h6-11,13H,5,14H2,1-4H3,(H,24,29). The van der Waals surface area contributed by atoms with E-state index in [0.717, 1.165) is 15.9 Å². The highest BCUT2D eigenvalue weighted by molar-refractivity contribution is 5.90. The molecule has 0 bridgehead atoms. The lowest BCUT2D eigenvalue weighted by atomic mass is 9.92. The molecule has 31 heavy (non-hydrogen) atoms. The maximum Gasteiger partial charge on any atom is 0.331 e. The lowest BCUT2D eigenvalue weighted by molar-refractivity contribution is -0.116. The van der Waals surface area contributed by atoms with E-state index in [2.05, 4.69) is 10.4 Å². The lowest BCUT2D eigenvalue weighted by Crippen LogP contribution is -2.43. The van der Waals surface area contributed by atoms with Crippen molar-refractivity contribution in [2.45, 2.75) is 46.2 Å². The van der Waals surface area contributed by atoms with Crippen LogP contribution in [-0.2, 0) is 23.3 Å². The van der Waals surface area contributed by atoms with Gasteiger partial charge in [0.05, 0.1) is 11.4 Å². The number of rotatable bonds is 5. The van der Waals surface area contributed by atoms with E-state index >= 15 is 0 Å². The summed E-state index contributed by atoms with van der Waals surface area (Å²) in [6.07, 6.45) is 1.21. The molecule has 1 N–H and O–H groups in total. The summed E-state index contributed by atoms with van der Waals surface area (Å²) in [5.41, 5.74) is -0.368. The number of hydrogen-bond acceptors (Lipinski definition) is 5. The van der Waals surface area contributed by atoms with Crippen molar-refractivity contribution in [2.75, 3.05) is 5.32 Å². The molecule has 0 aliphatic carbocycles. The van der Waals surface area contributed by atoms with Crippen molar-refractivity contribution < 1.29 is 4.79 Å². The Balaban J connectivity index is 1.99. The van der Waals surface area contributed by atoms with Crippen LogP contribution < -0.4 is 16.6 Å². The van der Waals surface area contributed by atoms with Crippen LogP contribution in [0.25, 0.3) is 5.69 Å². The zero-order valence-corrected chi connectivity index (χ0v) is 17.9. The van der Waals surface area contributed by atoms with E-state index in [4.69, 9.17) is 0 Å². The Bertz CT molecular complexity index is 1270. The fraction of sp³-hybridized carbons (Fsp3) is 0.318. The zero-order valence-electron chi connectivity index (χ0n) is 17.9. The third kappa shape index (κ3) is 4.48. The smallest absolute Gasteiger partial charge is 0.309 e. The SMILES string of the molecule is CCn1cc(C#N)c(=O)n(CC(=O)Nc2cc(C(C)(C)C)nn2-c2ccccc2)c1=O. The van der Waals surface area contributed by atoms with Gasteiger partial charge in [-0.1, -0.05) is 39.0 Å². The molecule has 9 heteroatoms. The minimum atomic E-state index is -0.792. The number of nitrogens with one attached hydrogen (secondary N) is 1. The molecule has 9 nitrogen and oxygen atoms in total. The first-order chi connectivity index (χ1) is 14.7. The van der Waals surface area contributed by atoms with E-state index in [1.807, 2.05) is 51.1 Å². The van der Waals surface area contributed by atoms with E-state index in [0.29, 0.717) is 5.82 Å². The zero-order chi connectivity index (χ0) is 22.8. The van der Waals surface area contributed by atoms with Crippen molar-refractivity contribution in [1.82, 2.24) is 18.9 Å². The average Bonchev–Trinajstić information content (AvgIpc) is 3.16. The maximum atomic E-state index is 12.8. The molecule has 160 valence electrons. The highest BCUT2D eigenvalue weighted by Crippen LogP contribution is 2.26. The van der Waals surface area contributed by atoms with Crippen LogP contribution in [0.4, 0.5) is 5.82 Å². The molecule has 3 rings (SSSR count). The molecule has 0 spiro atoms. The molecule has 2 heterocycles. The average molecular weight is 420 g/mol. The summed E-state index contributed by atoms with van der Waals surface area (Å²) >= 11 is 0. The second-order valence-electron chi connectivity index (χ2n) is 8.07. The number of nitrogens with zero attached hydrogens (tertiary/aromatic N) is 5.